The molecule has 0 unspecified atom stereocenters. The second-order valence-corrected chi connectivity index (χ2v) is 5.08. The van der Waals surface area contributed by atoms with E-state index < -0.39 is 0 Å². The zero-order chi connectivity index (χ0) is 13.0. The maximum atomic E-state index is 5.74. The molecule has 3 heteroatoms. The van der Waals surface area contributed by atoms with Crippen molar-refractivity contribution in [3.63, 3.8) is 0 Å². The van der Waals surface area contributed by atoms with E-state index in [-0.39, 0.29) is 6.29 Å². The van der Waals surface area contributed by atoms with Crippen LogP contribution in [0.3, 0.4) is 0 Å². The van der Waals surface area contributed by atoms with E-state index in [1.54, 1.807) is 0 Å². The van der Waals surface area contributed by atoms with Gasteiger partial charge in [-0.3, -0.25) is 0 Å². The molecule has 0 spiro atoms. The van der Waals surface area contributed by atoms with E-state index in [0.717, 1.165) is 19.6 Å². The van der Waals surface area contributed by atoms with Gasteiger partial charge in [0.1, 0.15) is 0 Å². The monoisotopic (exact) mass is 249 g/mol. The van der Waals surface area contributed by atoms with E-state index in [9.17, 15) is 0 Å². The minimum atomic E-state index is -0.0140. The van der Waals surface area contributed by atoms with Gasteiger partial charge in [0, 0.05) is 12.0 Å². The van der Waals surface area contributed by atoms with Crippen LogP contribution in [-0.2, 0) is 9.47 Å². The Morgan fingerprint density at radius 3 is 2.28 bits per heavy atom. The maximum Gasteiger partial charge on any atom is 0.157 e. The second kappa shape index (κ2) is 6.32. The van der Waals surface area contributed by atoms with Gasteiger partial charge >= 0.3 is 0 Å². The largest absolute Gasteiger partial charge is 0.352 e. The predicted molar refractivity (Wildman–Crippen MR) is 72.3 cm³/mol. The number of rotatable bonds is 4. The van der Waals surface area contributed by atoms with Crippen molar-refractivity contribution in [3.8, 4) is 0 Å². The van der Waals surface area contributed by atoms with Crippen molar-refractivity contribution >= 4 is 0 Å². The Balaban J connectivity index is 2.08. The number of benzene rings is 1. The van der Waals surface area contributed by atoms with Crippen LogP contribution in [0.2, 0.25) is 0 Å². The molecule has 1 aliphatic heterocycles. The lowest BCUT2D eigenvalue weighted by Gasteiger charge is -2.37. The summed E-state index contributed by atoms with van der Waals surface area (Å²) in [4.78, 5) is 2.25. The van der Waals surface area contributed by atoms with Gasteiger partial charge in [0.2, 0.25) is 0 Å². The molecule has 0 aromatic heterocycles. The highest BCUT2D eigenvalue weighted by Crippen LogP contribution is 2.30. The Hall–Kier alpha value is -0.900. The average molecular weight is 249 g/mol. The molecule has 1 aromatic carbocycles. The summed E-state index contributed by atoms with van der Waals surface area (Å²) >= 11 is 0. The van der Waals surface area contributed by atoms with Gasteiger partial charge in [-0.05, 0) is 26.1 Å². The minimum absolute atomic E-state index is 0.0140. The summed E-state index contributed by atoms with van der Waals surface area (Å²) in [6.45, 7) is 3.64. The Labute approximate surface area is 110 Å². The third-order valence-electron chi connectivity index (χ3n) is 3.47. The molecule has 0 N–H and O–H groups in total. The van der Waals surface area contributed by atoms with Crippen molar-refractivity contribution in [3.05, 3.63) is 35.9 Å². The van der Waals surface area contributed by atoms with Gasteiger partial charge < -0.3 is 14.4 Å². The van der Waals surface area contributed by atoms with Gasteiger partial charge in [-0.25, -0.2) is 0 Å². The predicted octanol–water partition coefficient (Wildman–Crippen LogP) is 2.69. The Morgan fingerprint density at radius 1 is 1.17 bits per heavy atom. The molecule has 0 radical (unpaired) electrons. The highest BCUT2D eigenvalue weighted by Gasteiger charge is 2.30. The fourth-order valence-corrected chi connectivity index (χ4v) is 2.62. The van der Waals surface area contributed by atoms with Crippen molar-refractivity contribution in [2.75, 3.05) is 27.3 Å². The Morgan fingerprint density at radius 2 is 1.78 bits per heavy atom. The maximum absolute atomic E-state index is 5.74. The molecule has 1 saturated heterocycles. The zero-order valence-electron chi connectivity index (χ0n) is 11.5. The first kappa shape index (κ1) is 13.5. The molecule has 0 aliphatic carbocycles. The molecule has 3 nitrogen and oxygen atoms in total. The SMILES string of the molecule is CCC1OCC([C@H](c2ccccc2)N(C)C)CO1. The third kappa shape index (κ3) is 3.10. The normalized spacial score (nSPS) is 26.2. The van der Waals surface area contributed by atoms with Crippen LogP contribution in [0.4, 0.5) is 0 Å². The molecule has 0 bridgehead atoms. The fraction of sp³-hybridized carbons (Fsp3) is 0.600. The molecular formula is C15H23NO2. The summed E-state index contributed by atoms with van der Waals surface area (Å²) in [6.07, 6.45) is 0.907. The van der Waals surface area contributed by atoms with Crippen LogP contribution in [0.1, 0.15) is 24.9 Å². The van der Waals surface area contributed by atoms with Crippen molar-refractivity contribution in [1.82, 2.24) is 4.90 Å². The molecular weight excluding hydrogens is 226 g/mol. The van der Waals surface area contributed by atoms with E-state index >= 15 is 0 Å². The van der Waals surface area contributed by atoms with Crippen LogP contribution in [-0.4, -0.2) is 38.5 Å². The lowest BCUT2D eigenvalue weighted by atomic mass is 9.92. The van der Waals surface area contributed by atoms with Crippen molar-refractivity contribution < 1.29 is 9.47 Å². The Kier molecular flexibility index (Phi) is 4.75. The summed E-state index contributed by atoms with van der Waals surface area (Å²) < 4.78 is 11.5. The number of hydrogen-bond acceptors (Lipinski definition) is 3. The molecule has 2 rings (SSSR count). The summed E-state index contributed by atoms with van der Waals surface area (Å²) in [7, 11) is 4.23. The topological polar surface area (TPSA) is 21.7 Å². The van der Waals surface area contributed by atoms with Crippen LogP contribution in [0.25, 0.3) is 0 Å². The van der Waals surface area contributed by atoms with E-state index in [1.165, 1.54) is 5.56 Å². The van der Waals surface area contributed by atoms with Gasteiger partial charge in [0.25, 0.3) is 0 Å². The van der Waals surface area contributed by atoms with Gasteiger partial charge in [0.15, 0.2) is 6.29 Å². The highest BCUT2D eigenvalue weighted by atomic mass is 16.7. The van der Waals surface area contributed by atoms with E-state index in [0.29, 0.717) is 12.0 Å². The molecule has 18 heavy (non-hydrogen) atoms. The molecule has 1 fully saturated rings. The lowest BCUT2D eigenvalue weighted by molar-refractivity contribution is -0.209. The molecule has 1 heterocycles. The third-order valence-corrected chi connectivity index (χ3v) is 3.47. The average Bonchev–Trinajstić information content (AvgIpc) is 2.40. The standard InChI is InChI=1S/C15H23NO2/c1-4-14-17-10-13(11-18-14)15(16(2)3)12-8-6-5-7-9-12/h5-9,13-15H,4,10-11H2,1-3H3/t13?,14?,15-/m0/s1. The number of ether oxygens (including phenoxy) is 2. The van der Waals surface area contributed by atoms with E-state index in [2.05, 4.69) is 56.3 Å². The molecule has 100 valence electrons. The van der Waals surface area contributed by atoms with Crippen molar-refractivity contribution in [1.29, 1.82) is 0 Å². The second-order valence-electron chi connectivity index (χ2n) is 5.08. The van der Waals surface area contributed by atoms with Gasteiger partial charge in [-0.2, -0.15) is 0 Å². The highest BCUT2D eigenvalue weighted by molar-refractivity contribution is 5.20. The van der Waals surface area contributed by atoms with Crippen molar-refractivity contribution in [2.45, 2.75) is 25.7 Å². The smallest absolute Gasteiger partial charge is 0.157 e. The van der Waals surface area contributed by atoms with E-state index in [1.807, 2.05) is 0 Å². The quantitative estimate of drug-likeness (QED) is 0.819. The zero-order valence-corrected chi connectivity index (χ0v) is 11.5. The first-order chi connectivity index (χ1) is 8.72. The lowest BCUT2D eigenvalue weighted by Crippen LogP contribution is -2.39. The molecule has 1 aliphatic rings. The molecule has 0 amide bonds. The first-order valence-corrected chi connectivity index (χ1v) is 6.67. The van der Waals surface area contributed by atoms with Crippen LogP contribution >= 0.6 is 0 Å². The molecule has 0 saturated carbocycles. The van der Waals surface area contributed by atoms with Crippen molar-refractivity contribution in [2.24, 2.45) is 5.92 Å². The van der Waals surface area contributed by atoms with E-state index in [4.69, 9.17) is 9.47 Å². The summed E-state index contributed by atoms with van der Waals surface area (Å²) in [5.41, 5.74) is 1.33. The number of hydrogen-bond donors (Lipinski definition) is 0. The Bertz CT molecular complexity index is 345. The summed E-state index contributed by atoms with van der Waals surface area (Å²) in [5.74, 6) is 0.394. The van der Waals surface area contributed by atoms with Crippen LogP contribution in [0.15, 0.2) is 30.3 Å². The summed E-state index contributed by atoms with van der Waals surface area (Å²) in [6, 6.07) is 10.9. The van der Waals surface area contributed by atoms with Gasteiger partial charge in [-0.1, -0.05) is 37.3 Å². The van der Waals surface area contributed by atoms with Gasteiger partial charge in [0.05, 0.1) is 13.2 Å². The van der Waals surface area contributed by atoms with Crippen LogP contribution in [0.5, 0.6) is 0 Å². The summed E-state index contributed by atoms with van der Waals surface area (Å²) in [5, 5.41) is 0. The molecule has 1 atom stereocenters. The number of nitrogens with zero attached hydrogens (tertiary/aromatic N) is 1. The molecule has 1 aromatic rings. The van der Waals surface area contributed by atoms with Gasteiger partial charge in [-0.15, -0.1) is 0 Å². The fourth-order valence-electron chi connectivity index (χ4n) is 2.62. The minimum Gasteiger partial charge on any atom is -0.352 e. The first-order valence-electron chi connectivity index (χ1n) is 6.67. The van der Waals surface area contributed by atoms with Crippen LogP contribution in [0, 0.1) is 5.92 Å². The van der Waals surface area contributed by atoms with Crippen LogP contribution < -0.4 is 0 Å².